The van der Waals surface area contributed by atoms with Gasteiger partial charge in [-0.05, 0) is 29.6 Å². The van der Waals surface area contributed by atoms with Gasteiger partial charge in [0, 0.05) is 29.5 Å². The second-order valence-electron chi connectivity index (χ2n) is 4.50. The summed E-state index contributed by atoms with van der Waals surface area (Å²) < 4.78 is 14.3. The fraction of sp³-hybridized carbons (Fsp3) is 0.200. The molecule has 0 aliphatic rings. The minimum atomic E-state index is -0.366. The van der Waals surface area contributed by atoms with Gasteiger partial charge >= 0.3 is 0 Å². The third kappa shape index (κ3) is 4.92. The maximum atomic E-state index is 13.5. The number of amides is 2. The average molecular weight is 385 g/mol. The number of benzene rings is 1. The van der Waals surface area contributed by atoms with E-state index in [4.69, 9.17) is 0 Å². The number of thiophene rings is 1. The minimum absolute atomic E-state index is 0.114. The summed E-state index contributed by atoms with van der Waals surface area (Å²) in [7, 11) is 0. The van der Waals surface area contributed by atoms with Crippen molar-refractivity contribution in [3.63, 3.8) is 0 Å². The number of carbonyl (C=O) groups is 2. The quantitative estimate of drug-likeness (QED) is 0.803. The van der Waals surface area contributed by atoms with E-state index in [1.165, 1.54) is 17.4 Å². The summed E-state index contributed by atoms with van der Waals surface area (Å²) >= 11 is 4.60. The molecule has 0 spiro atoms. The van der Waals surface area contributed by atoms with Gasteiger partial charge < -0.3 is 10.6 Å². The van der Waals surface area contributed by atoms with Crippen LogP contribution in [0, 0.1) is 5.82 Å². The molecule has 1 aromatic heterocycles. The highest BCUT2D eigenvalue weighted by Crippen LogP contribution is 2.15. The molecule has 2 amide bonds. The molecule has 0 saturated heterocycles. The van der Waals surface area contributed by atoms with Gasteiger partial charge in [-0.3, -0.25) is 9.59 Å². The Kier molecular flexibility index (Phi) is 6.09. The van der Waals surface area contributed by atoms with Crippen molar-refractivity contribution in [1.29, 1.82) is 0 Å². The van der Waals surface area contributed by atoms with Gasteiger partial charge in [-0.15, -0.1) is 11.3 Å². The van der Waals surface area contributed by atoms with E-state index in [9.17, 15) is 14.0 Å². The minimum Gasteiger partial charge on any atom is -0.352 e. The molecule has 2 aromatic rings. The van der Waals surface area contributed by atoms with Crippen LogP contribution in [0.15, 0.2) is 40.2 Å². The molecule has 0 aliphatic heterocycles. The van der Waals surface area contributed by atoms with Crippen molar-refractivity contribution in [2.45, 2.75) is 13.0 Å². The molecule has 4 nitrogen and oxygen atoms in total. The Morgan fingerprint density at radius 1 is 1.23 bits per heavy atom. The van der Waals surface area contributed by atoms with Gasteiger partial charge in [0.05, 0.1) is 4.88 Å². The fourth-order valence-corrected chi connectivity index (χ4v) is 2.79. The zero-order valence-electron chi connectivity index (χ0n) is 11.6. The second kappa shape index (κ2) is 8.05. The molecule has 2 N–H and O–H groups in total. The predicted molar refractivity (Wildman–Crippen MR) is 87.2 cm³/mol. The van der Waals surface area contributed by atoms with Crippen molar-refractivity contribution in [1.82, 2.24) is 10.6 Å². The van der Waals surface area contributed by atoms with Crippen LogP contribution < -0.4 is 10.6 Å². The van der Waals surface area contributed by atoms with E-state index >= 15 is 0 Å². The van der Waals surface area contributed by atoms with Crippen LogP contribution in [-0.2, 0) is 11.3 Å². The maximum Gasteiger partial charge on any atom is 0.261 e. The first-order valence-electron chi connectivity index (χ1n) is 6.58. The Labute approximate surface area is 139 Å². The third-order valence-corrected chi connectivity index (χ3v) is 4.23. The number of nitrogens with one attached hydrogen (secondary N) is 2. The molecule has 22 heavy (non-hydrogen) atoms. The number of hydrogen-bond donors (Lipinski definition) is 2. The van der Waals surface area contributed by atoms with Crippen LogP contribution >= 0.6 is 27.3 Å². The topological polar surface area (TPSA) is 58.2 Å². The van der Waals surface area contributed by atoms with Crippen LogP contribution in [0.2, 0.25) is 0 Å². The van der Waals surface area contributed by atoms with Gasteiger partial charge in [-0.1, -0.05) is 22.0 Å². The number of halogens is 2. The van der Waals surface area contributed by atoms with E-state index in [0.29, 0.717) is 10.4 Å². The standard InChI is InChI=1S/C15H14BrFN2O2S/c16-11-3-4-12(17)10(8-11)9-19-14(20)5-6-18-15(21)13-2-1-7-22-13/h1-4,7-8H,5-6,9H2,(H,18,21)(H,19,20). The van der Waals surface area contributed by atoms with E-state index in [2.05, 4.69) is 26.6 Å². The van der Waals surface area contributed by atoms with Gasteiger partial charge in [0.2, 0.25) is 5.91 Å². The first kappa shape index (κ1) is 16.6. The highest BCUT2D eigenvalue weighted by molar-refractivity contribution is 9.10. The molecule has 0 fully saturated rings. The third-order valence-electron chi connectivity index (χ3n) is 2.87. The zero-order chi connectivity index (χ0) is 15.9. The van der Waals surface area contributed by atoms with Crippen molar-refractivity contribution >= 4 is 39.1 Å². The van der Waals surface area contributed by atoms with Crippen molar-refractivity contribution in [3.8, 4) is 0 Å². The van der Waals surface area contributed by atoms with Crippen LogP contribution in [0.5, 0.6) is 0 Å². The fourth-order valence-electron chi connectivity index (χ4n) is 1.75. The summed E-state index contributed by atoms with van der Waals surface area (Å²) in [4.78, 5) is 24.0. The first-order chi connectivity index (χ1) is 10.6. The van der Waals surface area contributed by atoms with Crippen molar-refractivity contribution < 1.29 is 14.0 Å². The number of hydrogen-bond acceptors (Lipinski definition) is 3. The Morgan fingerprint density at radius 3 is 2.77 bits per heavy atom. The number of rotatable bonds is 6. The summed E-state index contributed by atoms with van der Waals surface area (Å²) in [6, 6.07) is 8.07. The van der Waals surface area contributed by atoms with Crippen LogP contribution in [0.1, 0.15) is 21.7 Å². The molecule has 116 valence electrons. The summed E-state index contributed by atoms with van der Waals surface area (Å²) in [5.41, 5.74) is 0.408. The monoisotopic (exact) mass is 384 g/mol. The maximum absolute atomic E-state index is 13.5. The molecule has 0 bridgehead atoms. The lowest BCUT2D eigenvalue weighted by atomic mass is 10.2. The smallest absolute Gasteiger partial charge is 0.261 e. The lowest BCUT2D eigenvalue weighted by Crippen LogP contribution is -2.30. The number of carbonyl (C=O) groups excluding carboxylic acids is 2. The summed E-state index contributed by atoms with van der Waals surface area (Å²) in [6.45, 7) is 0.354. The summed E-state index contributed by atoms with van der Waals surface area (Å²) in [5, 5.41) is 7.10. The van der Waals surface area contributed by atoms with E-state index < -0.39 is 0 Å². The average Bonchev–Trinajstić information content (AvgIpc) is 3.02. The molecule has 0 unspecified atom stereocenters. The molecule has 0 saturated carbocycles. The predicted octanol–water partition coefficient (Wildman–Crippen LogP) is 3.09. The van der Waals surface area contributed by atoms with Crippen LogP contribution in [0.25, 0.3) is 0 Å². The highest BCUT2D eigenvalue weighted by atomic mass is 79.9. The lowest BCUT2D eigenvalue weighted by molar-refractivity contribution is -0.121. The Bertz CT molecular complexity index is 662. The highest BCUT2D eigenvalue weighted by Gasteiger charge is 2.08. The van der Waals surface area contributed by atoms with Crippen molar-refractivity contribution in [3.05, 3.63) is 56.4 Å². The van der Waals surface area contributed by atoms with Gasteiger partial charge in [0.15, 0.2) is 0 Å². The first-order valence-corrected chi connectivity index (χ1v) is 8.26. The Morgan fingerprint density at radius 2 is 2.05 bits per heavy atom. The van der Waals surface area contributed by atoms with Gasteiger partial charge in [0.25, 0.3) is 5.91 Å². The molecule has 7 heteroatoms. The van der Waals surface area contributed by atoms with E-state index in [1.54, 1.807) is 24.3 Å². The SMILES string of the molecule is O=C(CCNC(=O)c1cccs1)NCc1cc(Br)ccc1F. The van der Waals surface area contributed by atoms with Crippen LogP contribution in [0.3, 0.4) is 0 Å². The molecule has 1 aromatic carbocycles. The van der Waals surface area contributed by atoms with Crippen molar-refractivity contribution in [2.75, 3.05) is 6.54 Å². The molecular formula is C15H14BrFN2O2S. The lowest BCUT2D eigenvalue weighted by Gasteiger charge is -2.07. The normalized spacial score (nSPS) is 10.3. The molecule has 0 aliphatic carbocycles. The Hall–Kier alpha value is -1.73. The molecule has 0 atom stereocenters. The van der Waals surface area contributed by atoms with Gasteiger partial charge in [-0.25, -0.2) is 4.39 Å². The molecule has 0 radical (unpaired) electrons. The van der Waals surface area contributed by atoms with Crippen molar-refractivity contribution in [2.24, 2.45) is 0 Å². The molecule has 2 rings (SSSR count). The molecule has 1 heterocycles. The molecular weight excluding hydrogens is 371 g/mol. The van der Waals surface area contributed by atoms with E-state index in [-0.39, 0.29) is 37.1 Å². The van der Waals surface area contributed by atoms with Gasteiger partial charge in [-0.2, -0.15) is 0 Å². The second-order valence-corrected chi connectivity index (χ2v) is 6.36. The summed E-state index contributed by atoms with van der Waals surface area (Å²) in [5.74, 6) is -0.804. The summed E-state index contributed by atoms with van der Waals surface area (Å²) in [6.07, 6.45) is 0.146. The largest absolute Gasteiger partial charge is 0.352 e. The Balaban J connectivity index is 1.72. The van der Waals surface area contributed by atoms with Crippen LogP contribution in [0.4, 0.5) is 4.39 Å². The zero-order valence-corrected chi connectivity index (χ0v) is 14.0. The van der Waals surface area contributed by atoms with E-state index in [0.717, 1.165) is 4.47 Å². The van der Waals surface area contributed by atoms with Gasteiger partial charge in [0.1, 0.15) is 5.82 Å². The van der Waals surface area contributed by atoms with Crippen LogP contribution in [-0.4, -0.2) is 18.4 Å². The van der Waals surface area contributed by atoms with E-state index in [1.807, 2.05) is 5.38 Å².